The minimum absolute atomic E-state index is 0.0648. The Balaban J connectivity index is 1.68. The van der Waals surface area contributed by atoms with Crippen LogP contribution in [0.5, 0.6) is 17.2 Å². The monoisotopic (exact) mass is 421 g/mol. The first kappa shape index (κ1) is 21.0. The van der Waals surface area contributed by atoms with Gasteiger partial charge in [0.2, 0.25) is 5.91 Å². The number of hydrogen-bond donors (Lipinski definition) is 1. The van der Waals surface area contributed by atoms with E-state index in [0.717, 1.165) is 28.1 Å². The molecule has 0 spiro atoms. The van der Waals surface area contributed by atoms with Crippen LogP contribution in [0.2, 0.25) is 0 Å². The van der Waals surface area contributed by atoms with Gasteiger partial charge in [0.15, 0.2) is 5.78 Å². The van der Waals surface area contributed by atoms with E-state index in [1.807, 2.05) is 49.4 Å². The fraction of sp³-hybridized carbons (Fsp3) is 0.360. The normalized spacial score (nSPS) is 20.7. The molecule has 2 aliphatic rings. The molecule has 4 rings (SSSR count). The van der Waals surface area contributed by atoms with Crippen molar-refractivity contribution in [3.05, 3.63) is 64.9 Å². The summed E-state index contributed by atoms with van der Waals surface area (Å²) in [6.45, 7) is 2.53. The standard InChI is InChI=1S/C25H27NO5/c1-4-31-17-7-5-15(6-8-17)20-14-24(28)26-21-11-16(12-22(27)25(20)21)19-13-18(29-2)9-10-23(19)30-3/h5-10,13,16,20H,4,11-12,14H2,1-3H3,(H,26,28). The average Bonchev–Trinajstić information content (AvgIpc) is 2.78. The Hall–Kier alpha value is -3.28. The summed E-state index contributed by atoms with van der Waals surface area (Å²) in [6.07, 6.45) is 1.21. The third kappa shape index (κ3) is 4.15. The van der Waals surface area contributed by atoms with Gasteiger partial charge in [0, 0.05) is 41.5 Å². The van der Waals surface area contributed by atoms with E-state index >= 15 is 0 Å². The Morgan fingerprint density at radius 1 is 0.935 bits per heavy atom. The van der Waals surface area contributed by atoms with Crippen LogP contribution in [0.1, 0.15) is 49.1 Å². The van der Waals surface area contributed by atoms with Crippen LogP contribution in [0, 0.1) is 0 Å². The van der Waals surface area contributed by atoms with Crippen molar-refractivity contribution in [3.63, 3.8) is 0 Å². The van der Waals surface area contributed by atoms with Crippen molar-refractivity contribution in [2.45, 2.75) is 38.0 Å². The molecule has 1 heterocycles. The molecule has 1 amide bonds. The van der Waals surface area contributed by atoms with Gasteiger partial charge in [0.1, 0.15) is 17.2 Å². The van der Waals surface area contributed by atoms with Crippen molar-refractivity contribution in [1.29, 1.82) is 0 Å². The largest absolute Gasteiger partial charge is 0.497 e. The molecule has 6 heteroatoms. The SMILES string of the molecule is CCOc1ccc(C2CC(=O)NC3=C2C(=O)CC(c2cc(OC)ccc2OC)C3)cc1. The second-order valence-electron chi connectivity index (χ2n) is 7.84. The number of benzene rings is 2. The minimum atomic E-state index is -0.236. The highest BCUT2D eigenvalue weighted by Crippen LogP contribution is 2.45. The summed E-state index contributed by atoms with van der Waals surface area (Å²) in [4.78, 5) is 25.8. The van der Waals surface area contributed by atoms with E-state index in [1.165, 1.54) is 0 Å². The first-order valence-electron chi connectivity index (χ1n) is 10.5. The third-order valence-electron chi connectivity index (χ3n) is 6.01. The zero-order chi connectivity index (χ0) is 22.0. The number of Topliss-reactive ketones (excluding diaryl/α,β-unsaturated/α-hetero) is 1. The van der Waals surface area contributed by atoms with Crippen molar-refractivity contribution in [3.8, 4) is 17.2 Å². The van der Waals surface area contributed by atoms with Gasteiger partial charge in [-0.05, 0) is 49.2 Å². The van der Waals surface area contributed by atoms with Gasteiger partial charge in [-0.2, -0.15) is 0 Å². The van der Waals surface area contributed by atoms with Crippen LogP contribution in [0.15, 0.2) is 53.7 Å². The Bertz CT molecular complexity index is 1020. The molecule has 0 aromatic heterocycles. The van der Waals surface area contributed by atoms with E-state index < -0.39 is 0 Å². The predicted molar refractivity (Wildman–Crippen MR) is 117 cm³/mol. The maximum absolute atomic E-state index is 13.3. The Morgan fingerprint density at radius 3 is 2.35 bits per heavy atom. The molecule has 1 aliphatic carbocycles. The lowest BCUT2D eigenvalue weighted by atomic mass is 9.73. The van der Waals surface area contributed by atoms with Crippen LogP contribution in [-0.4, -0.2) is 32.5 Å². The van der Waals surface area contributed by atoms with Crippen molar-refractivity contribution in [1.82, 2.24) is 5.32 Å². The zero-order valence-electron chi connectivity index (χ0n) is 18.1. The average molecular weight is 421 g/mol. The van der Waals surface area contributed by atoms with E-state index in [2.05, 4.69) is 5.32 Å². The Kier molecular flexibility index (Phi) is 5.98. The van der Waals surface area contributed by atoms with Crippen LogP contribution >= 0.6 is 0 Å². The third-order valence-corrected chi connectivity index (χ3v) is 6.01. The first-order chi connectivity index (χ1) is 15.0. The molecule has 6 nitrogen and oxygen atoms in total. The van der Waals surface area contributed by atoms with Gasteiger partial charge < -0.3 is 19.5 Å². The summed E-state index contributed by atoms with van der Waals surface area (Å²) in [6, 6.07) is 13.3. The van der Waals surface area contributed by atoms with E-state index in [0.29, 0.717) is 30.9 Å². The second-order valence-corrected chi connectivity index (χ2v) is 7.84. The van der Waals surface area contributed by atoms with Crippen molar-refractivity contribution in [2.24, 2.45) is 0 Å². The van der Waals surface area contributed by atoms with Gasteiger partial charge in [0.25, 0.3) is 0 Å². The highest BCUT2D eigenvalue weighted by Gasteiger charge is 2.38. The number of carbonyl (C=O) groups excluding carboxylic acids is 2. The Morgan fingerprint density at radius 2 is 1.68 bits per heavy atom. The van der Waals surface area contributed by atoms with Gasteiger partial charge >= 0.3 is 0 Å². The van der Waals surface area contributed by atoms with Crippen molar-refractivity contribution < 1.29 is 23.8 Å². The maximum atomic E-state index is 13.3. The number of carbonyl (C=O) groups is 2. The van der Waals surface area contributed by atoms with Gasteiger partial charge in [-0.1, -0.05) is 12.1 Å². The number of rotatable bonds is 6. The molecule has 2 atom stereocenters. The topological polar surface area (TPSA) is 73.9 Å². The lowest BCUT2D eigenvalue weighted by Gasteiger charge is -2.35. The molecule has 162 valence electrons. The number of ether oxygens (including phenoxy) is 3. The van der Waals surface area contributed by atoms with E-state index in [9.17, 15) is 9.59 Å². The molecule has 0 saturated carbocycles. The number of nitrogens with one attached hydrogen (secondary N) is 1. The van der Waals surface area contributed by atoms with E-state index in [4.69, 9.17) is 14.2 Å². The van der Waals surface area contributed by atoms with E-state index in [-0.39, 0.29) is 29.9 Å². The predicted octanol–water partition coefficient (Wildman–Crippen LogP) is 4.11. The summed E-state index contributed by atoms with van der Waals surface area (Å²) in [5.41, 5.74) is 3.32. The van der Waals surface area contributed by atoms with Gasteiger partial charge in [-0.15, -0.1) is 0 Å². The molecule has 0 radical (unpaired) electrons. The smallest absolute Gasteiger partial charge is 0.225 e. The molecule has 0 bridgehead atoms. The molecule has 1 N–H and O–H groups in total. The second kappa shape index (κ2) is 8.84. The molecule has 0 saturated heterocycles. The van der Waals surface area contributed by atoms with Gasteiger partial charge in [-0.25, -0.2) is 0 Å². The van der Waals surface area contributed by atoms with Crippen LogP contribution in [0.3, 0.4) is 0 Å². The summed E-state index contributed by atoms with van der Waals surface area (Å²) >= 11 is 0. The lowest BCUT2D eigenvalue weighted by molar-refractivity contribution is -0.122. The van der Waals surface area contributed by atoms with Gasteiger partial charge in [-0.3, -0.25) is 9.59 Å². The molecule has 1 aliphatic heterocycles. The summed E-state index contributed by atoms with van der Waals surface area (Å²) in [7, 11) is 3.23. The number of allylic oxidation sites excluding steroid dienone is 2. The number of ketones is 1. The summed E-state index contributed by atoms with van der Waals surface area (Å²) in [5.74, 6) is 1.88. The quantitative estimate of drug-likeness (QED) is 0.760. The maximum Gasteiger partial charge on any atom is 0.225 e. The molecule has 0 fully saturated rings. The van der Waals surface area contributed by atoms with Gasteiger partial charge in [0.05, 0.1) is 20.8 Å². The van der Waals surface area contributed by atoms with Crippen molar-refractivity contribution >= 4 is 11.7 Å². The summed E-state index contributed by atoms with van der Waals surface area (Å²) < 4.78 is 16.4. The van der Waals surface area contributed by atoms with Crippen molar-refractivity contribution in [2.75, 3.05) is 20.8 Å². The number of amides is 1. The summed E-state index contributed by atoms with van der Waals surface area (Å²) in [5, 5.41) is 2.97. The highest BCUT2D eigenvalue weighted by atomic mass is 16.5. The minimum Gasteiger partial charge on any atom is -0.497 e. The highest BCUT2D eigenvalue weighted by molar-refractivity contribution is 6.02. The molecular formula is C25H27NO5. The van der Waals surface area contributed by atoms with Crippen LogP contribution < -0.4 is 19.5 Å². The lowest BCUT2D eigenvalue weighted by Crippen LogP contribution is -2.38. The molecule has 31 heavy (non-hydrogen) atoms. The fourth-order valence-electron chi connectivity index (χ4n) is 4.59. The molecule has 2 unspecified atom stereocenters. The molecule has 2 aromatic rings. The van der Waals surface area contributed by atoms with Crippen LogP contribution in [-0.2, 0) is 9.59 Å². The molecular weight excluding hydrogens is 394 g/mol. The van der Waals surface area contributed by atoms with Crippen LogP contribution in [0.25, 0.3) is 0 Å². The fourth-order valence-corrected chi connectivity index (χ4v) is 4.59. The number of methoxy groups -OCH3 is 2. The van der Waals surface area contributed by atoms with Crippen LogP contribution in [0.4, 0.5) is 0 Å². The Labute approximate surface area is 182 Å². The first-order valence-corrected chi connectivity index (χ1v) is 10.5. The molecule has 2 aromatic carbocycles. The number of hydrogen-bond acceptors (Lipinski definition) is 5. The zero-order valence-corrected chi connectivity index (χ0v) is 18.1. The van der Waals surface area contributed by atoms with E-state index in [1.54, 1.807) is 14.2 Å².